The number of carbonyl (C=O) groups excluding carboxylic acids is 2. The maximum absolute atomic E-state index is 12.7. The summed E-state index contributed by atoms with van der Waals surface area (Å²) in [5.41, 5.74) is 1.26. The van der Waals surface area contributed by atoms with Crippen molar-refractivity contribution in [1.29, 1.82) is 0 Å². The Labute approximate surface area is 157 Å². The van der Waals surface area contributed by atoms with Gasteiger partial charge in [-0.2, -0.15) is 0 Å². The third kappa shape index (κ3) is 4.76. The molecule has 0 heterocycles. The number of ether oxygens (including phenoxy) is 1. The van der Waals surface area contributed by atoms with Crippen molar-refractivity contribution in [3.8, 4) is 5.75 Å². The summed E-state index contributed by atoms with van der Waals surface area (Å²) in [6, 6.07) is 14.7. The summed E-state index contributed by atoms with van der Waals surface area (Å²) in [5, 5.41) is 3.50. The summed E-state index contributed by atoms with van der Waals surface area (Å²) in [5.74, 6) is 0.0652. The van der Waals surface area contributed by atoms with Gasteiger partial charge in [-0.15, -0.1) is 0 Å². The largest absolute Gasteiger partial charge is 0.488 e. The van der Waals surface area contributed by atoms with Crippen LogP contribution in [0.1, 0.15) is 28.8 Å². The van der Waals surface area contributed by atoms with Crippen molar-refractivity contribution >= 4 is 23.4 Å². The van der Waals surface area contributed by atoms with Crippen LogP contribution in [0.5, 0.6) is 5.75 Å². The van der Waals surface area contributed by atoms with E-state index in [1.165, 1.54) is 4.90 Å². The number of para-hydroxylation sites is 1. The normalized spacial score (nSPS) is 13.2. The fourth-order valence-electron chi connectivity index (χ4n) is 2.53. The molecule has 0 aliphatic heterocycles. The van der Waals surface area contributed by atoms with Crippen molar-refractivity contribution in [2.24, 2.45) is 0 Å². The Hall–Kier alpha value is -2.53. The predicted molar refractivity (Wildman–Crippen MR) is 100 cm³/mol. The fourth-order valence-corrected chi connectivity index (χ4v) is 2.72. The first-order valence-corrected chi connectivity index (χ1v) is 8.92. The van der Waals surface area contributed by atoms with E-state index in [-0.39, 0.29) is 31.0 Å². The number of likely N-dealkylation sites (N-methyl/N-ethyl adjacent to an activating group) is 1. The molecule has 1 saturated carbocycles. The number of amides is 2. The molecule has 1 N–H and O–H groups in total. The molecule has 1 fully saturated rings. The summed E-state index contributed by atoms with van der Waals surface area (Å²) in [6.07, 6.45) is 2.03. The van der Waals surface area contributed by atoms with Crippen LogP contribution in [-0.2, 0) is 11.4 Å². The van der Waals surface area contributed by atoms with E-state index in [2.05, 4.69) is 5.32 Å². The Balaban J connectivity index is 1.66. The second kappa shape index (κ2) is 8.23. The van der Waals surface area contributed by atoms with Crippen LogP contribution in [0.4, 0.5) is 0 Å². The molecule has 26 heavy (non-hydrogen) atoms. The minimum absolute atomic E-state index is 0.0220. The van der Waals surface area contributed by atoms with Gasteiger partial charge in [-0.05, 0) is 31.0 Å². The van der Waals surface area contributed by atoms with Crippen molar-refractivity contribution in [2.75, 3.05) is 13.6 Å². The van der Waals surface area contributed by atoms with Crippen LogP contribution in [0.3, 0.4) is 0 Å². The van der Waals surface area contributed by atoms with Crippen molar-refractivity contribution in [2.45, 2.75) is 25.5 Å². The molecule has 3 rings (SSSR count). The number of rotatable bonds is 7. The molecule has 136 valence electrons. The highest BCUT2D eigenvalue weighted by Crippen LogP contribution is 2.23. The molecule has 0 atom stereocenters. The average Bonchev–Trinajstić information content (AvgIpc) is 3.44. The SMILES string of the molecule is CN(CC(=O)NC1CC1)C(=O)c1ccccc1OCc1ccccc1Cl. The molecule has 0 radical (unpaired) electrons. The van der Waals surface area contributed by atoms with Gasteiger partial charge in [0.1, 0.15) is 12.4 Å². The van der Waals surface area contributed by atoms with E-state index in [9.17, 15) is 9.59 Å². The second-order valence-corrected chi connectivity index (χ2v) is 6.79. The maximum Gasteiger partial charge on any atom is 0.257 e. The molecule has 0 unspecified atom stereocenters. The monoisotopic (exact) mass is 372 g/mol. The van der Waals surface area contributed by atoms with Gasteiger partial charge < -0.3 is 15.0 Å². The lowest BCUT2D eigenvalue weighted by Gasteiger charge is -2.19. The van der Waals surface area contributed by atoms with Crippen LogP contribution >= 0.6 is 11.6 Å². The summed E-state index contributed by atoms with van der Waals surface area (Å²) in [7, 11) is 1.61. The number of benzene rings is 2. The zero-order valence-electron chi connectivity index (χ0n) is 14.6. The number of nitrogens with one attached hydrogen (secondary N) is 1. The van der Waals surface area contributed by atoms with Gasteiger partial charge in [-0.1, -0.05) is 41.9 Å². The standard InChI is InChI=1S/C20H21ClN2O3/c1-23(12-19(24)22-15-10-11-15)20(25)16-7-3-5-9-18(16)26-13-14-6-2-4-8-17(14)21/h2-9,15H,10-13H2,1H3,(H,22,24). The number of nitrogens with zero attached hydrogens (tertiary/aromatic N) is 1. The van der Waals surface area contributed by atoms with E-state index in [1.54, 1.807) is 37.4 Å². The summed E-state index contributed by atoms with van der Waals surface area (Å²) in [6.45, 7) is 0.282. The Bertz CT molecular complexity index is 805. The third-order valence-electron chi connectivity index (χ3n) is 4.13. The highest BCUT2D eigenvalue weighted by molar-refractivity contribution is 6.31. The second-order valence-electron chi connectivity index (χ2n) is 6.38. The molecule has 1 aliphatic rings. The zero-order chi connectivity index (χ0) is 18.5. The zero-order valence-corrected chi connectivity index (χ0v) is 15.3. The number of halogens is 1. The molecule has 5 nitrogen and oxygen atoms in total. The van der Waals surface area contributed by atoms with E-state index in [0.29, 0.717) is 16.3 Å². The molecule has 6 heteroatoms. The van der Waals surface area contributed by atoms with Crippen molar-refractivity contribution in [3.05, 3.63) is 64.7 Å². The maximum atomic E-state index is 12.7. The van der Waals surface area contributed by atoms with Crippen LogP contribution in [0, 0.1) is 0 Å². The van der Waals surface area contributed by atoms with Gasteiger partial charge in [0.2, 0.25) is 5.91 Å². The van der Waals surface area contributed by atoms with Gasteiger partial charge in [0, 0.05) is 23.7 Å². The first-order valence-electron chi connectivity index (χ1n) is 8.54. The van der Waals surface area contributed by atoms with Crippen LogP contribution < -0.4 is 10.1 Å². The van der Waals surface area contributed by atoms with Crippen molar-refractivity contribution < 1.29 is 14.3 Å². The Morgan fingerprint density at radius 1 is 1.15 bits per heavy atom. The van der Waals surface area contributed by atoms with E-state index in [4.69, 9.17) is 16.3 Å². The van der Waals surface area contributed by atoms with Gasteiger partial charge in [-0.3, -0.25) is 9.59 Å². The summed E-state index contributed by atoms with van der Waals surface area (Å²) in [4.78, 5) is 26.0. The van der Waals surface area contributed by atoms with Crippen LogP contribution in [0.2, 0.25) is 5.02 Å². The van der Waals surface area contributed by atoms with E-state index in [1.807, 2.05) is 18.2 Å². The van der Waals surface area contributed by atoms with Crippen molar-refractivity contribution in [1.82, 2.24) is 10.2 Å². The molecule has 2 aromatic carbocycles. The minimum Gasteiger partial charge on any atom is -0.488 e. The lowest BCUT2D eigenvalue weighted by molar-refractivity contribution is -0.121. The molecule has 0 spiro atoms. The van der Waals surface area contributed by atoms with Gasteiger partial charge >= 0.3 is 0 Å². The lowest BCUT2D eigenvalue weighted by Crippen LogP contribution is -2.39. The van der Waals surface area contributed by atoms with E-state index in [0.717, 1.165) is 18.4 Å². The summed E-state index contributed by atoms with van der Waals surface area (Å²) < 4.78 is 5.82. The highest BCUT2D eigenvalue weighted by atomic mass is 35.5. The molecule has 0 aromatic heterocycles. The molecule has 2 amide bonds. The lowest BCUT2D eigenvalue weighted by atomic mass is 10.1. The third-order valence-corrected chi connectivity index (χ3v) is 4.50. The molecular weight excluding hydrogens is 352 g/mol. The topological polar surface area (TPSA) is 58.6 Å². The summed E-state index contributed by atoms with van der Waals surface area (Å²) >= 11 is 6.15. The number of hydrogen-bond acceptors (Lipinski definition) is 3. The predicted octanol–water partition coefficient (Wildman–Crippen LogP) is 3.27. The van der Waals surface area contributed by atoms with E-state index < -0.39 is 0 Å². The average molecular weight is 373 g/mol. The van der Waals surface area contributed by atoms with Gasteiger partial charge in [0.25, 0.3) is 5.91 Å². The molecule has 0 saturated heterocycles. The van der Waals surface area contributed by atoms with Crippen LogP contribution in [-0.4, -0.2) is 36.3 Å². The van der Waals surface area contributed by atoms with E-state index >= 15 is 0 Å². The molecular formula is C20H21ClN2O3. The fraction of sp³-hybridized carbons (Fsp3) is 0.300. The van der Waals surface area contributed by atoms with Crippen molar-refractivity contribution in [3.63, 3.8) is 0 Å². The number of carbonyl (C=O) groups is 2. The quantitative estimate of drug-likeness (QED) is 0.811. The van der Waals surface area contributed by atoms with Gasteiger partial charge in [0.15, 0.2) is 0 Å². The van der Waals surface area contributed by atoms with Gasteiger partial charge in [0.05, 0.1) is 12.1 Å². The number of hydrogen-bond donors (Lipinski definition) is 1. The first-order chi connectivity index (χ1) is 12.5. The molecule has 1 aliphatic carbocycles. The Morgan fingerprint density at radius 2 is 1.85 bits per heavy atom. The Morgan fingerprint density at radius 3 is 2.58 bits per heavy atom. The van der Waals surface area contributed by atoms with Gasteiger partial charge in [-0.25, -0.2) is 0 Å². The van der Waals surface area contributed by atoms with Crippen LogP contribution in [0.25, 0.3) is 0 Å². The molecule has 2 aromatic rings. The first kappa shape index (κ1) is 18.3. The minimum atomic E-state index is -0.259. The van der Waals surface area contributed by atoms with Crippen LogP contribution in [0.15, 0.2) is 48.5 Å². The smallest absolute Gasteiger partial charge is 0.257 e. The highest BCUT2D eigenvalue weighted by Gasteiger charge is 2.25. The Kier molecular flexibility index (Phi) is 5.78. The molecule has 0 bridgehead atoms.